The molecule has 32 heavy (non-hydrogen) atoms. The first-order valence-corrected chi connectivity index (χ1v) is 18.1. The summed E-state index contributed by atoms with van der Waals surface area (Å²) in [5.41, 5.74) is -0.0328. The molecule has 0 radical (unpaired) electrons. The van der Waals surface area contributed by atoms with Crippen molar-refractivity contribution < 1.29 is 53.6 Å². The number of carbonyl (C=O) groups excluding carboxylic acids is 2. The Hall–Kier alpha value is -1.17. The maximum Gasteiger partial charge on any atom is 0.434 e. The molecule has 15 heteroatoms. The first-order chi connectivity index (χ1) is 14.1. The predicted octanol–water partition coefficient (Wildman–Crippen LogP) is 4.83. The van der Waals surface area contributed by atoms with Crippen LogP contribution < -0.4 is 0 Å². The molecule has 6 nitrogen and oxygen atoms in total. The Morgan fingerprint density at radius 2 is 1.25 bits per heavy atom. The predicted molar refractivity (Wildman–Crippen MR) is 112 cm³/mol. The number of rotatable bonds is 11. The quantitative estimate of drug-likeness (QED) is 0.166. The van der Waals surface area contributed by atoms with E-state index in [0.717, 1.165) is 0 Å². The van der Waals surface area contributed by atoms with Gasteiger partial charge in [-0.3, -0.25) is 0 Å². The Labute approximate surface area is 187 Å². The molecule has 0 aliphatic carbocycles. The topological polar surface area (TPSA) is 71.1 Å². The summed E-state index contributed by atoms with van der Waals surface area (Å²) >= 11 is 0. The van der Waals surface area contributed by atoms with Gasteiger partial charge >= 0.3 is 33.6 Å². The zero-order valence-corrected chi connectivity index (χ0v) is 22.2. The smallest absolute Gasteiger partial charge is 0.434 e. The van der Waals surface area contributed by atoms with E-state index < -0.39 is 56.3 Å². The second-order valence-electron chi connectivity index (χ2n) is 9.00. The van der Waals surface area contributed by atoms with Crippen molar-refractivity contribution in [3.8, 4) is 0 Å². The van der Waals surface area contributed by atoms with E-state index in [-0.39, 0.29) is 18.2 Å². The fraction of sp³-hybridized carbons (Fsp3) is 0.765. The van der Waals surface area contributed by atoms with Crippen molar-refractivity contribution in [1.29, 1.82) is 0 Å². The molecule has 188 valence electrons. The van der Waals surface area contributed by atoms with Gasteiger partial charge in [0.15, 0.2) is 16.6 Å². The Morgan fingerprint density at radius 3 is 1.62 bits per heavy atom. The van der Waals surface area contributed by atoms with Crippen LogP contribution in [-0.2, 0) is 27.3 Å². The van der Waals surface area contributed by atoms with Gasteiger partial charge in [0.2, 0.25) is 0 Å². The van der Waals surface area contributed by atoms with Crippen LogP contribution in [0.4, 0.5) is 26.3 Å². The minimum atomic E-state index is -5.84. The van der Waals surface area contributed by atoms with E-state index >= 15 is 0 Å². The molecule has 0 heterocycles. The van der Waals surface area contributed by atoms with Gasteiger partial charge in [0.05, 0.1) is 6.61 Å². The van der Waals surface area contributed by atoms with E-state index in [1.165, 1.54) is 0 Å². The Morgan fingerprint density at radius 1 is 0.844 bits per heavy atom. The lowest BCUT2D eigenvalue weighted by Crippen LogP contribution is -2.45. The highest BCUT2D eigenvalue weighted by Crippen LogP contribution is 2.35. The van der Waals surface area contributed by atoms with Crippen LogP contribution in [0.25, 0.3) is 0 Å². The van der Waals surface area contributed by atoms with Gasteiger partial charge in [-0.15, -0.1) is 0 Å². The van der Waals surface area contributed by atoms with Gasteiger partial charge in [-0.25, -0.2) is 9.59 Å². The van der Waals surface area contributed by atoms with Crippen LogP contribution in [0.15, 0.2) is 12.2 Å². The van der Waals surface area contributed by atoms with E-state index in [4.69, 9.17) is 13.0 Å². The third kappa shape index (κ3) is 14.1. The van der Waals surface area contributed by atoms with E-state index in [1.807, 2.05) is 46.2 Å². The number of carbonyl (C=O) groups is 2. The first-order valence-electron chi connectivity index (χ1n) is 9.66. The molecule has 1 unspecified atom stereocenters. The summed E-state index contributed by atoms with van der Waals surface area (Å²) in [6, 6.07) is 0. The van der Waals surface area contributed by atoms with Gasteiger partial charge in [0.1, 0.15) is 0 Å². The van der Waals surface area contributed by atoms with Gasteiger partial charge in [0, 0.05) is 12.2 Å². The number of hydrogen-bond acceptors (Lipinski definition) is 6. The number of hydrogen-bond donors (Lipinski definition) is 0. The summed E-state index contributed by atoms with van der Waals surface area (Å²) in [4.78, 5) is 22.9. The van der Waals surface area contributed by atoms with Gasteiger partial charge in [-0.1, -0.05) is 6.92 Å². The second-order valence-corrected chi connectivity index (χ2v) is 21.2. The maximum absolute atomic E-state index is 12.4. The zero-order chi connectivity index (χ0) is 25.5. The lowest BCUT2D eigenvalue weighted by molar-refractivity contribution is -0.312. The fourth-order valence-corrected chi connectivity index (χ4v) is 10.6. The third-order valence-electron chi connectivity index (χ3n) is 3.41. The minimum Gasteiger partial charge on any atom is -0.463 e. The number of esters is 2. The van der Waals surface area contributed by atoms with Crippen molar-refractivity contribution >= 4 is 37.9 Å². The molecule has 0 bridgehead atoms. The normalized spacial score (nSPS) is 14.8. The Balaban J connectivity index is 4.78. The van der Waals surface area contributed by atoms with Gasteiger partial charge in [0.25, 0.3) is 6.10 Å². The fourth-order valence-electron chi connectivity index (χ4n) is 2.09. The van der Waals surface area contributed by atoms with E-state index in [2.05, 4.69) is 4.74 Å². The summed E-state index contributed by atoms with van der Waals surface area (Å²) in [5, 5.41) is 0. The van der Waals surface area contributed by atoms with Gasteiger partial charge in [-0.2, -0.15) is 26.3 Å². The van der Waals surface area contributed by atoms with Crippen molar-refractivity contribution in [3.05, 3.63) is 12.2 Å². The largest absolute Gasteiger partial charge is 0.463 e. The zero-order valence-electron chi connectivity index (χ0n) is 19.0. The number of alkyl halides is 6. The summed E-state index contributed by atoms with van der Waals surface area (Å²) in [6.07, 6.45) is -15.0. The van der Waals surface area contributed by atoms with Crippen molar-refractivity contribution in [2.75, 3.05) is 6.61 Å². The van der Waals surface area contributed by atoms with Crippen molar-refractivity contribution in [3.63, 3.8) is 0 Å². The van der Waals surface area contributed by atoms with Crippen molar-refractivity contribution in [2.24, 2.45) is 0 Å². The van der Waals surface area contributed by atoms with Crippen molar-refractivity contribution in [2.45, 2.75) is 76.6 Å². The molecule has 0 amide bonds. The SMILES string of the molecule is CC(CCOC(=O)C=CC(=O)OC(C(F)(F)F)C(F)(F)F)[SiH](O[Si](C)(C)C)O[Si](C)(C)C. The molecule has 0 fully saturated rings. The molecule has 0 saturated carbocycles. The van der Waals surface area contributed by atoms with E-state index in [9.17, 15) is 35.9 Å². The van der Waals surface area contributed by atoms with E-state index in [0.29, 0.717) is 12.5 Å². The van der Waals surface area contributed by atoms with Crippen LogP contribution in [0, 0.1) is 0 Å². The maximum atomic E-state index is 12.4. The van der Waals surface area contributed by atoms with Crippen molar-refractivity contribution in [1.82, 2.24) is 0 Å². The van der Waals surface area contributed by atoms with Crippen LogP contribution in [-0.4, -0.2) is 62.9 Å². The highest BCUT2D eigenvalue weighted by atomic mass is 28.4. The Kier molecular flexibility index (Phi) is 11.4. The molecular weight excluding hydrogens is 498 g/mol. The van der Waals surface area contributed by atoms with Crippen LogP contribution in [0.5, 0.6) is 0 Å². The summed E-state index contributed by atoms with van der Waals surface area (Å²) in [7, 11) is -5.86. The highest BCUT2D eigenvalue weighted by Gasteiger charge is 2.59. The average Bonchev–Trinajstić information content (AvgIpc) is 2.52. The molecule has 0 aromatic carbocycles. The first kappa shape index (κ1) is 30.8. The standard InChI is InChI=1S/C17H30F6O6Si3/c1-12(30(28-31(2,3)4)29-32(5,6)7)10-11-26-13(24)8-9-14(25)27-15(16(18,19)20)17(21,22)23/h8-9,12,15,30H,10-11H2,1-7H3. The van der Waals surface area contributed by atoms with E-state index in [1.54, 1.807) is 0 Å². The average molecular weight is 529 g/mol. The Bertz CT molecular complexity index is 625. The van der Waals surface area contributed by atoms with Gasteiger partial charge < -0.3 is 17.7 Å². The molecule has 0 aromatic rings. The van der Waals surface area contributed by atoms with Crippen LogP contribution in [0.3, 0.4) is 0 Å². The monoisotopic (exact) mass is 528 g/mol. The van der Waals surface area contributed by atoms with Crippen LogP contribution in [0.2, 0.25) is 44.8 Å². The summed E-state index contributed by atoms with van der Waals surface area (Å²) in [6.45, 7) is 14.0. The lowest BCUT2D eigenvalue weighted by atomic mass is 10.3. The molecule has 0 N–H and O–H groups in total. The molecule has 0 rings (SSSR count). The molecule has 1 atom stereocenters. The number of halogens is 6. The highest BCUT2D eigenvalue weighted by molar-refractivity contribution is 6.81. The van der Waals surface area contributed by atoms with Crippen LogP contribution in [0.1, 0.15) is 13.3 Å². The molecule has 0 spiro atoms. The molecule has 0 aliphatic rings. The molecular formula is C17H30F6O6Si3. The molecule has 0 saturated heterocycles. The van der Waals surface area contributed by atoms with Gasteiger partial charge in [-0.05, 0) is 51.2 Å². The minimum absolute atomic E-state index is 0.0328. The molecule has 0 aliphatic heterocycles. The third-order valence-corrected chi connectivity index (χ3v) is 12.2. The summed E-state index contributed by atoms with van der Waals surface area (Å²) in [5.74, 6) is -3.09. The molecule has 0 aromatic heterocycles. The second kappa shape index (κ2) is 11.8. The lowest BCUT2D eigenvalue weighted by Gasteiger charge is -2.33. The number of ether oxygens (including phenoxy) is 2. The summed E-state index contributed by atoms with van der Waals surface area (Å²) < 4.78 is 94.8. The van der Waals surface area contributed by atoms with Crippen LogP contribution >= 0.6 is 0 Å².